The fraction of sp³-hybridized carbons (Fsp3) is 0.556. The first-order valence-corrected chi connectivity index (χ1v) is 8.65. The van der Waals surface area contributed by atoms with E-state index in [4.69, 9.17) is 4.74 Å². The number of rotatable bonds is 6. The van der Waals surface area contributed by atoms with Gasteiger partial charge in [0.2, 0.25) is 5.91 Å². The zero-order chi connectivity index (χ0) is 16.9. The van der Waals surface area contributed by atoms with E-state index in [1.165, 1.54) is 24.2 Å². The first kappa shape index (κ1) is 16.9. The van der Waals surface area contributed by atoms with Gasteiger partial charge in [-0.2, -0.15) is 0 Å². The van der Waals surface area contributed by atoms with Crippen LogP contribution in [-0.4, -0.2) is 56.0 Å². The first-order valence-electron chi connectivity index (χ1n) is 8.65. The Kier molecular flexibility index (Phi) is 5.48. The van der Waals surface area contributed by atoms with E-state index < -0.39 is 6.04 Å². The molecule has 2 aliphatic rings. The third kappa shape index (κ3) is 3.76. The first-order chi connectivity index (χ1) is 11.7. The Morgan fingerprint density at radius 3 is 2.50 bits per heavy atom. The topological polar surface area (TPSA) is 61.9 Å². The predicted molar refractivity (Wildman–Crippen MR) is 92.2 cm³/mol. The van der Waals surface area contributed by atoms with Crippen LogP contribution in [0.5, 0.6) is 5.75 Å². The molecule has 1 unspecified atom stereocenters. The zero-order valence-corrected chi connectivity index (χ0v) is 14.2. The molecule has 1 N–H and O–H groups in total. The molecule has 1 aromatic carbocycles. The van der Waals surface area contributed by atoms with Crippen LogP contribution in [-0.2, 0) is 9.59 Å². The molecule has 2 fully saturated rings. The van der Waals surface area contributed by atoms with Crippen LogP contribution in [0.4, 0.5) is 5.69 Å². The van der Waals surface area contributed by atoms with Crippen molar-refractivity contribution in [2.75, 3.05) is 38.2 Å². The van der Waals surface area contributed by atoms with Crippen LogP contribution >= 0.6 is 0 Å². The van der Waals surface area contributed by atoms with Crippen molar-refractivity contribution < 1.29 is 14.3 Å². The summed E-state index contributed by atoms with van der Waals surface area (Å²) in [6.07, 6.45) is 4.05. The molecule has 1 aromatic rings. The summed E-state index contributed by atoms with van der Waals surface area (Å²) in [5, 5.41) is 3.25. The van der Waals surface area contributed by atoms with E-state index >= 15 is 0 Å². The van der Waals surface area contributed by atoms with Crippen LogP contribution < -0.4 is 15.0 Å². The van der Waals surface area contributed by atoms with Gasteiger partial charge in [0.15, 0.2) is 0 Å². The van der Waals surface area contributed by atoms with Gasteiger partial charge in [0.25, 0.3) is 5.91 Å². The molecule has 0 aliphatic carbocycles. The Morgan fingerprint density at radius 1 is 1.12 bits per heavy atom. The van der Waals surface area contributed by atoms with Crippen molar-refractivity contribution >= 4 is 17.5 Å². The number of imide groups is 1. The molecule has 24 heavy (non-hydrogen) atoms. The van der Waals surface area contributed by atoms with Crippen molar-refractivity contribution in [2.45, 2.75) is 31.7 Å². The van der Waals surface area contributed by atoms with Gasteiger partial charge in [0, 0.05) is 13.1 Å². The number of ether oxygens (including phenoxy) is 1. The molecule has 0 bridgehead atoms. The standard InChI is InChI=1S/C18H25N3O3/c1-24-15-7-5-14(6-8-15)21-17(22)13-16(18(21)23)19-9-12-20-10-3-2-4-11-20/h5-8,16,19H,2-4,9-13H2,1H3. The third-order valence-corrected chi connectivity index (χ3v) is 4.74. The molecule has 0 radical (unpaired) electrons. The Morgan fingerprint density at radius 2 is 1.83 bits per heavy atom. The summed E-state index contributed by atoms with van der Waals surface area (Å²) in [5.41, 5.74) is 0.603. The number of carbonyl (C=O) groups excluding carboxylic acids is 2. The van der Waals surface area contributed by atoms with Gasteiger partial charge in [-0.05, 0) is 50.2 Å². The summed E-state index contributed by atoms with van der Waals surface area (Å²) in [7, 11) is 1.59. The van der Waals surface area contributed by atoms with Crippen LogP contribution in [0.15, 0.2) is 24.3 Å². The van der Waals surface area contributed by atoms with Gasteiger partial charge in [-0.15, -0.1) is 0 Å². The lowest BCUT2D eigenvalue weighted by Crippen LogP contribution is -2.43. The van der Waals surface area contributed by atoms with Gasteiger partial charge in [-0.1, -0.05) is 6.42 Å². The Labute approximate surface area is 142 Å². The molecule has 0 saturated carbocycles. The number of piperidine rings is 1. The minimum atomic E-state index is -0.413. The smallest absolute Gasteiger partial charge is 0.251 e. The van der Waals surface area contributed by atoms with Gasteiger partial charge in [-0.3, -0.25) is 9.59 Å². The second-order valence-corrected chi connectivity index (χ2v) is 6.38. The number of nitrogens with zero attached hydrogens (tertiary/aromatic N) is 2. The molecule has 2 heterocycles. The molecule has 3 rings (SSSR count). The normalized spacial score (nSPS) is 22.2. The maximum atomic E-state index is 12.6. The molecular weight excluding hydrogens is 306 g/mol. The predicted octanol–water partition coefficient (Wildman–Crippen LogP) is 1.40. The number of benzene rings is 1. The highest BCUT2D eigenvalue weighted by Gasteiger charge is 2.39. The van der Waals surface area contributed by atoms with Crippen molar-refractivity contribution in [1.82, 2.24) is 10.2 Å². The summed E-state index contributed by atoms with van der Waals surface area (Å²) in [6.45, 7) is 3.94. The third-order valence-electron chi connectivity index (χ3n) is 4.74. The molecule has 2 amide bonds. The van der Waals surface area contributed by atoms with Gasteiger partial charge < -0.3 is 15.0 Å². The number of carbonyl (C=O) groups is 2. The maximum absolute atomic E-state index is 12.6. The molecular formula is C18H25N3O3. The number of anilines is 1. The number of amides is 2. The molecule has 6 heteroatoms. The highest BCUT2D eigenvalue weighted by Crippen LogP contribution is 2.25. The second kappa shape index (κ2) is 7.77. The summed E-state index contributed by atoms with van der Waals surface area (Å²) < 4.78 is 5.11. The Bertz CT molecular complexity index is 582. The van der Waals surface area contributed by atoms with Crippen LogP contribution in [0, 0.1) is 0 Å². The molecule has 1 atom stereocenters. The van der Waals surface area contributed by atoms with E-state index in [2.05, 4.69) is 10.2 Å². The zero-order valence-electron chi connectivity index (χ0n) is 14.2. The van der Waals surface area contributed by atoms with E-state index in [1.807, 2.05) is 0 Å². The van der Waals surface area contributed by atoms with Crippen molar-refractivity contribution in [2.24, 2.45) is 0 Å². The molecule has 130 valence electrons. The largest absolute Gasteiger partial charge is 0.497 e. The summed E-state index contributed by atoms with van der Waals surface area (Å²) in [6, 6.07) is 6.58. The SMILES string of the molecule is COc1ccc(N2C(=O)CC(NCCN3CCCCC3)C2=O)cc1. The van der Waals surface area contributed by atoms with Crippen LogP contribution in [0.25, 0.3) is 0 Å². The Hall–Kier alpha value is -1.92. The molecule has 6 nitrogen and oxygen atoms in total. The van der Waals surface area contributed by atoms with Crippen molar-refractivity contribution in [3.63, 3.8) is 0 Å². The van der Waals surface area contributed by atoms with E-state index in [9.17, 15) is 9.59 Å². The van der Waals surface area contributed by atoms with Gasteiger partial charge in [-0.25, -0.2) is 4.90 Å². The number of methoxy groups -OCH3 is 1. The van der Waals surface area contributed by atoms with Crippen molar-refractivity contribution in [3.05, 3.63) is 24.3 Å². The molecule has 0 aromatic heterocycles. The fourth-order valence-corrected chi connectivity index (χ4v) is 3.37. The lowest BCUT2D eigenvalue weighted by molar-refractivity contribution is -0.121. The van der Waals surface area contributed by atoms with Crippen molar-refractivity contribution in [3.8, 4) is 5.75 Å². The summed E-state index contributed by atoms with van der Waals surface area (Å²) in [4.78, 5) is 28.5. The lowest BCUT2D eigenvalue weighted by Gasteiger charge is -2.26. The van der Waals surface area contributed by atoms with E-state index in [1.54, 1.807) is 31.4 Å². The lowest BCUT2D eigenvalue weighted by atomic mass is 10.1. The van der Waals surface area contributed by atoms with Gasteiger partial charge >= 0.3 is 0 Å². The second-order valence-electron chi connectivity index (χ2n) is 6.38. The average molecular weight is 331 g/mol. The minimum Gasteiger partial charge on any atom is -0.497 e. The fourth-order valence-electron chi connectivity index (χ4n) is 3.37. The van der Waals surface area contributed by atoms with Gasteiger partial charge in [0.05, 0.1) is 25.3 Å². The van der Waals surface area contributed by atoms with E-state index in [-0.39, 0.29) is 18.2 Å². The monoisotopic (exact) mass is 331 g/mol. The number of hydrogen-bond acceptors (Lipinski definition) is 5. The number of nitrogens with one attached hydrogen (secondary N) is 1. The quantitative estimate of drug-likeness (QED) is 0.799. The summed E-state index contributed by atoms with van der Waals surface area (Å²) >= 11 is 0. The van der Waals surface area contributed by atoms with E-state index in [0.29, 0.717) is 11.4 Å². The van der Waals surface area contributed by atoms with Crippen LogP contribution in [0.3, 0.4) is 0 Å². The minimum absolute atomic E-state index is 0.152. The molecule has 2 saturated heterocycles. The maximum Gasteiger partial charge on any atom is 0.251 e. The molecule has 0 spiro atoms. The van der Waals surface area contributed by atoms with Crippen LogP contribution in [0.2, 0.25) is 0 Å². The van der Waals surface area contributed by atoms with Gasteiger partial charge in [0.1, 0.15) is 5.75 Å². The van der Waals surface area contributed by atoms with Crippen molar-refractivity contribution in [1.29, 1.82) is 0 Å². The average Bonchev–Trinajstić information content (AvgIpc) is 2.90. The number of hydrogen-bond donors (Lipinski definition) is 1. The number of likely N-dealkylation sites (tertiary alicyclic amines) is 1. The molecule has 2 aliphatic heterocycles. The Balaban J connectivity index is 1.54. The van der Waals surface area contributed by atoms with Crippen LogP contribution in [0.1, 0.15) is 25.7 Å². The highest BCUT2D eigenvalue weighted by molar-refractivity contribution is 6.22. The highest BCUT2D eigenvalue weighted by atomic mass is 16.5. The summed E-state index contributed by atoms with van der Waals surface area (Å²) in [5.74, 6) is 0.388. The van der Waals surface area contributed by atoms with E-state index in [0.717, 1.165) is 26.2 Å².